The second kappa shape index (κ2) is 14.6. The van der Waals surface area contributed by atoms with E-state index in [1.165, 1.54) is 129 Å². The van der Waals surface area contributed by atoms with Crippen molar-refractivity contribution in [3.05, 3.63) is 124 Å². The standard InChI is InChI=1S/C48H33BO2S2.C8H18/c1-22-17-24(3)45(25(4)18-22)50-34-15-13-30-38-32(34)21-33-35(51-46-26(5)19-23(2)20-27(46)6)16-14-31-39(33)42(38)49-43-40-28(9-7-11-36(40)52-47(30)43)29-10-8-12-37-41(29)44(49)48(31)53-37;1-3-5-7-8-6-4-2/h7-21H,1-6H3;3-8H2,1-2H3. The molecule has 302 valence electrons. The van der Waals surface area contributed by atoms with Crippen molar-refractivity contribution in [2.45, 2.75) is 93.9 Å². The molecule has 9 aromatic rings. The van der Waals surface area contributed by atoms with E-state index in [9.17, 15) is 0 Å². The molecular weight excluding hydrogens is 780 g/mol. The van der Waals surface area contributed by atoms with Crippen LogP contribution in [-0.4, -0.2) is 6.71 Å². The minimum absolute atomic E-state index is 0.106. The fraction of sp³-hybridized carbons (Fsp3) is 0.250. The van der Waals surface area contributed by atoms with E-state index in [4.69, 9.17) is 9.47 Å². The van der Waals surface area contributed by atoms with Crippen LogP contribution >= 0.6 is 22.7 Å². The Hall–Kier alpha value is -5.36. The summed E-state index contributed by atoms with van der Waals surface area (Å²) in [6.45, 7) is 17.6. The number of aryl methyl sites for hydroxylation is 6. The number of ether oxygens (including phenoxy) is 2. The van der Waals surface area contributed by atoms with Gasteiger partial charge in [-0.2, -0.15) is 0 Å². The first kappa shape index (κ1) is 38.6. The van der Waals surface area contributed by atoms with Gasteiger partial charge in [-0.1, -0.05) is 117 Å². The molecule has 5 heteroatoms. The van der Waals surface area contributed by atoms with E-state index in [0.29, 0.717) is 0 Å². The maximum absolute atomic E-state index is 7.07. The molecule has 2 nitrogen and oxygen atoms in total. The summed E-state index contributed by atoms with van der Waals surface area (Å²) in [6, 6.07) is 34.2. The first-order valence-electron chi connectivity index (χ1n) is 22.4. The Morgan fingerprint density at radius 3 is 1.28 bits per heavy atom. The topological polar surface area (TPSA) is 18.5 Å². The molecule has 5 heterocycles. The Morgan fingerprint density at radius 2 is 0.869 bits per heavy atom. The van der Waals surface area contributed by atoms with E-state index in [1.807, 2.05) is 22.7 Å². The summed E-state index contributed by atoms with van der Waals surface area (Å²) in [7, 11) is 0. The Bertz CT molecular complexity index is 3050. The van der Waals surface area contributed by atoms with Crippen molar-refractivity contribution < 1.29 is 9.47 Å². The third-order valence-corrected chi connectivity index (χ3v) is 15.9. The van der Waals surface area contributed by atoms with Crippen LogP contribution in [0.5, 0.6) is 23.0 Å². The van der Waals surface area contributed by atoms with Crippen molar-refractivity contribution in [2.24, 2.45) is 0 Å². The molecule has 0 bridgehead atoms. The fourth-order valence-corrected chi connectivity index (χ4v) is 13.7. The third-order valence-electron chi connectivity index (χ3n) is 13.5. The van der Waals surface area contributed by atoms with Crippen molar-refractivity contribution >= 4 is 87.5 Å². The molecule has 0 saturated heterocycles. The van der Waals surface area contributed by atoms with Gasteiger partial charge in [-0.3, -0.25) is 0 Å². The Balaban J connectivity index is 0.000000481. The average Bonchev–Trinajstić information content (AvgIpc) is 3.79. The maximum atomic E-state index is 7.07. The molecular formula is C56H51BO2S2. The molecule has 0 spiro atoms. The number of thiophene rings is 2. The normalized spacial score (nSPS) is 12.6. The highest BCUT2D eigenvalue weighted by Crippen LogP contribution is 2.53. The highest BCUT2D eigenvalue weighted by atomic mass is 32.1. The summed E-state index contributed by atoms with van der Waals surface area (Å²) in [6.07, 6.45) is 8.49. The lowest BCUT2D eigenvalue weighted by molar-refractivity contribution is 0.479. The van der Waals surface area contributed by atoms with Crippen LogP contribution in [0.2, 0.25) is 0 Å². The predicted octanol–water partition coefficient (Wildman–Crippen LogP) is 15.7. The van der Waals surface area contributed by atoms with Crippen LogP contribution in [0.1, 0.15) is 85.8 Å². The van der Waals surface area contributed by atoms with Gasteiger partial charge in [-0.05, 0) is 161 Å². The van der Waals surface area contributed by atoms with Gasteiger partial charge < -0.3 is 9.47 Å². The quantitative estimate of drug-likeness (QED) is 0.0820. The van der Waals surface area contributed by atoms with E-state index in [2.05, 4.69) is 146 Å². The van der Waals surface area contributed by atoms with Crippen LogP contribution in [0.3, 0.4) is 0 Å². The van der Waals surface area contributed by atoms with Crippen molar-refractivity contribution in [3.63, 3.8) is 0 Å². The molecule has 0 atom stereocenters. The lowest BCUT2D eigenvalue weighted by atomic mass is 9.32. The smallest absolute Gasteiger partial charge is 0.248 e. The van der Waals surface area contributed by atoms with Crippen molar-refractivity contribution in [1.29, 1.82) is 0 Å². The van der Waals surface area contributed by atoms with Gasteiger partial charge in [-0.25, -0.2) is 0 Å². The SMILES string of the molecule is CCCCCCCC.Cc1cc(C)c(Oc2ccc3c4c5c6c(ccc(Oc7c(C)cc(C)cc7C)c6cc24)-c2sc4cccc6c4c2B5c2c-3sc3cccc-6c23)c(C)c1. The fourth-order valence-electron chi connectivity index (χ4n) is 11.1. The molecule has 3 aliphatic rings. The molecule has 0 aliphatic carbocycles. The van der Waals surface area contributed by atoms with Crippen LogP contribution in [0.25, 0.3) is 73.7 Å². The van der Waals surface area contributed by atoms with E-state index in [0.717, 1.165) is 56.0 Å². The largest absolute Gasteiger partial charge is 0.456 e. The molecule has 0 radical (unpaired) electrons. The van der Waals surface area contributed by atoms with Crippen LogP contribution < -0.4 is 25.9 Å². The van der Waals surface area contributed by atoms with E-state index in [1.54, 1.807) is 0 Å². The summed E-state index contributed by atoms with van der Waals surface area (Å²) in [5, 5.41) is 7.74. The minimum atomic E-state index is 0.106. The van der Waals surface area contributed by atoms with Gasteiger partial charge in [-0.15, -0.1) is 22.7 Å². The van der Waals surface area contributed by atoms with Gasteiger partial charge in [0.15, 0.2) is 0 Å². The third kappa shape index (κ3) is 5.80. The first-order chi connectivity index (χ1) is 29.7. The highest BCUT2D eigenvalue weighted by molar-refractivity contribution is 7.29. The minimum Gasteiger partial charge on any atom is -0.456 e. The molecule has 3 aliphatic heterocycles. The van der Waals surface area contributed by atoms with Crippen LogP contribution in [-0.2, 0) is 0 Å². The van der Waals surface area contributed by atoms with Gasteiger partial charge in [0, 0.05) is 29.9 Å². The number of benzene rings is 7. The lowest BCUT2D eigenvalue weighted by Crippen LogP contribution is -2.56. The van der Waals surface area contributed by atoms with Crippen LogP contribution in [0, 0.1) is 41.5 Å². The number of hydrogen-bond donors (Lipinski definition) is 0. The number of fused-ring (bicyclic) bond motifs is 3. The van der Waals surface area contributed by atoms with Gasteiger partial charge in [0.1, 0.15) is 23.0 Å². The highest BCUT2D eigenvalue weighted by Gasteiger charge is 2.45. The van der Waals surface area contributed by atoms with Crippen molar-refractivity contribution in [2.75, 3.05) is 0 Å². The summed E-state index contributed by atoms with van der Waals surface area (Å²) in [4.78, 5) is 2.78. The summed E-state index contributed by atoms with van der Waals surface area (Å²) in [5.74, 6) is 3.64. The molecule has 7 aromatic carbocycles. The van der Waals surface area contributed by atoms with E-state index in [-0.39, 0.29) is 6.71 Å². The first-order valence-corrected chi connectivity index (χ1v) is 24.0. The maximum Gasteiger partial charge on any atom is 0.248 e. The molecule has 12 rings (SSSR count). The molecule has 0 amide bonds. The average molecular weight is 831 g/mol. The van der Waals surface area contributed by atoms with Crippen molar-refractivity contribution in [3.8, 4) is 55.0 Å². The second-order valence-corrected chi connectivity index (χ2v) is 20.0. The Kier molecular flexibility index (Phi) is 9.25. The summed E-state index contributed by atoms with van der Waals surface area (Å²) < 4.78 is 16.9. The zero-order chi connectivity index (χ0) is 41.8. The number of rotatable bonds is 9. The zero-order valence-corrected chi connectivity index (χ0v) is 38.2. The predicted molar refractivity (Wildman–Crippen MR) is 267 cm³/mol. The molecule has 0 N–H and O–H groups in total. The Morgan fingerprint density at radius 1 is 0.443 bits per heavy atom. The monoisotopic (exact) mass is 830 g/mol. The van der Waals surface area contributed by atoms with Crippen LogP contribution in [0.4, 0.5) is 0 Å². The molecule has 0 fully saturated rings. The van der Waals surface area contributed by atoms with Gasteiger partial charge in [0.2, 0.25) is 6.71 Å². The molecule has 2 aromatic heterocycles. The summed E-state index contributed by atoms with van der Waals surface area (Å²) >= 11 is 3.91. The molecule has 61 heavy (non-hydrogen) atoms. The van der Waals surface area contributed by atoms with Gasteiger partial charge in [0.05, 0.1) is 0 Å². The Labute approximate surface area is 368 Å². The van der Waals surface area contributed by atoms with E-state index < -0.39 is 0 Å². The summed E-state index contributed by atoms with van der Waals surface area (Å²) in [5.41, 5.74) is 16.8. The van der Waals surface area contributed by atoms with Crippen molar-refractivity contribution in [1.82, 2.24) is 0 Å². The molecule has 0 saturated carbocycles. The lowest BCUT2D eigenvalue weighted by Gasteiger charge is -2.32. The molecule has 0 unspecified atom stereocenters. The zero-order valence-electron chi connectivity index (χ0n) is 36.6. The van der Waals surface area contributed by atoms with Gasteiger partial charge >= 0.3 is 0 Å². The second-order valence-electron chi connectivity index (χ2n) is 17.9. The van der Waals surface area contributed by atoms with Gasteiger partial charge in [0.25, 0.3) is 0 Å². The number of hydrogen-bond acceptors (Lipinski definition) is 4. The van der Waals surface area contributed by atoms with E-state index >= 15 is 0 Å². The number of unbranched alkanes of at least 4 members (excludes halogenated alkanes) is 5. The van der Waals surface area contributed by atoms with Crippen LogP contribution in [0.15, 0.2) is 91.0 Å².